The average Bonchev–Trinajstić information content (AvgIpc) is 2.95. The Morgan fingerprint density at radius 1 is 1.35 bits per heavy atom. The molecule has 2 aromatic rings. The van der Waals surface area contributed by atoms with Crippen molar-refractivity contribution < 1.29 is 9.21 Å². The van der Waals surface area contributed by atoms with E-state index in [4.69, 9.17) is 4.42 Å². The molecule has 0 fully saturated rings. The van der Waals surface area contributed by atoms with Crippen LogP contribution in [0.15, 0.2) is 27.8 Å². The fourth-order valence-corrected chi connectivity index (χ4v) is 3.07. The summed E-state index contributed by atoms with van der Waals surface area (Å²) in [6.45, 7) is 6.23. The zero-order valence-electron chi connectivity index (χ0n) is 13.8. The quantitative estimate of drug-likeness (QED) is 0.758. The van der Waals surface area contributed by atoms with Crippen LogP contribution >= 0.6 is 23.5 Å². The largest absolute Gasteiger partial charge is 0.415 e. The lowest BCUT2D eigenvalue weighted by Crippen LogP contribution is -2.16. The first-order valence-electron chi connectivity index (χ1n) is 7.34. The van der Waals surface area contributed by atoms with E-state index >= 15 is 0 Å². The van der Waals surface area contributed by atoms with Crippen molar-refractivity contribution in [3.8, 4) is 0 Å². The lowest BCUT2D eigenvalue weighted by atomic mass is 9.98. The van der Waals surface area contributed by atoms with Crippen LogP contribution in [0.4, 0.5) is 5.69 Å². The molecule has 0 unspecified atom stereocenters. The van der Waals surface area contributed by atoms with Crippen LogP contribution in [0.3, 0.4) is 0 Å². The van der Waals surface area contributed by atoms with Gasteiger partial charge in [-0.2, -0.15) is 11.8 Å². The minimum Gasteiger partial charge on any atom is -0.415 e. The van der Waals surface area contributed by atoms with Gasteiger partial charge in [0.1, 0.15) is 0 Å². The Balaban J connectivity index is 1.97. The molecule has 1 heterocycles. The Labute approximate surface area is 145 Å². The topological polar surface area (TPSA) is 68.0 Å². The number of aromatic nitrogens is 2. The van der Waals surface area contributed by atoms with Crippen LogP contribution < -0.4 is 5.32 Å². The summed E-state index contributed by atoms with van der Waals surface area (Å²) in [5.41, 5.74) is 3.11. The highest BCUT2D eigenvalue weighted by atomic mass is 32.2. The summed E-state index contributed by atoms with van der Waals surface area (Å²) in [5.74, 6) is 1.79. The molecule has 0 aliphatic rings. The SMILES string of the molecule is CSCc1nnc(SCC(=O)Nc2c(C)cccc2C(C)C)o1. The molecule has 124 valence electrons. The number of hydrogen-bond acceptors (Lipinski definition) is 6. The van der Waals surface area contributed by atoms with E-state index < -0.39 is 0 Å². The number of thioether (sulfide) groups is 2. The molecule has 7 heteroatoms. The third kappa shape index (κ3) is 5.00. The van der Waals surface area contributed by atoms with Crippen LogP contribution in [0, 0.1) is 6.92 Å². The molecule has 1 N–H and O–H groups in total. The van der Waals surface area contributed by atoms with Crippen LogP contribution in [0.25, 0.3) is 0 Å². The molecular weight excluding hydrogens is 330 g/mol. The molecule has 1 aromatic carbocycles. The highest BCUT2D eigenvalue weighted by Crippen LogP contribution is 2.28. The maximum atomic E-state index is 12.2. The van der Waals surface area contributed by atoms with Gasteiger partial charge in [-0.3, -0.25) is 4.79 Å². The van der Waals surface area contributed by atoms with E-state index in [0.717, 1.165) is 16.8 Å². The standard InChI is InChI=1S/C16H21N3O2S2/c1-10(2)12-7-5-6-11(3)15(12)17-13(20)8-23-16-19-18-14(21-16)9-22-4/h5-7,10H,8-9H2,1-4H3,(H,17,20). The summed E-state index contributed by atoms with van der Waals surface area (Å²) in [7, 11) is 0. The molecule has 0 saturated heterocycles. The normalized spacial score (nSPS) is 11.0. The van der Waals surface area contributed by atoms with Gasteiger partial charge in [0.25, 0.3) is 5.22 Å². The van der Waals surface area contributed by atoms with Gasteiger partial charge in [-0.1, -0.05) is 43.8 Å². The molecule has 0 saturated carbocycles. The van der Waals surface area contributed by atoms with Gasteiger partial charge in [-0.05, 0) is 30.2 Å². The fourth-order valence-electron chi connectivity index (χ4n) is 2.12. The molecule has 0 spiro atoms. The minimum absolute atomic E-state index is 0.0733. The van der Waals surface area contributed by atoms with Gasteiger partial charge < -0.3 is 9.73 Å². The summed E-state index contributed by atoms with van der Waals surface area (Å²) >= 11 is 2.87. The van der Waals surface area contributed by atoms with Crippen LogP contribution in [-0.4, -0.2) is 28.1 Å². The number of anilines is 1. The monoisotopic (exact) mass is 351 g/mol. The molecule has 0 radical (unpaired) electrons. The van der Waals surface area contributed by atoms with Crippen LogP contribution in [0.1, 0.15) is 36.8 Å². The minimum atomic E-state index is -0.0733. The van der Waals surface area contributed by atoms with Gasteiger partial charge in [0.2, 0.25) is 11.8 Å². The van der Waals surface area contributed by atoms with Crippen LogP contribution in [0.5, 0.6) is 0 Å². The predicted molar refractivity (Wildman–Crippen MR) is 96.1 cm³/mol. The fraction of sp³-hybridized carbons (Fsp3) is 0.438. The summed E-state index contributed by atoms with van der Waals surface area (Å²) in [6, 6.07) is 6.06. The van der Waals surface area contributed by atoms with E-state index in [1.54, 1.807) is 11.8 Å². The van der Waals surface area contributed by atoms with Gasteiger partial charge in [-0.25, -0.2) is 0 Å². The zero-order valence-corrected chi connectivity index (χ0v) is 15.4. The second-order valence-electron chi connectivity index (χ2n) is 5.43. The Morgan fingerprint density at radius 2 is 2.13 bits per heavy atom. The van der Waals surface area contributed by atoms with E-state index in [2.05, 4.69) is 29.4 Å². The highest BCUT2D eigenvalue weighted by molar-refractivity contribution is 7.99. The van der Waals surface area contributed by atoms with Gasteiger partial charge in [0, 0.05) is 5.69 Å². The average molecular weight is 351 g/mol. The van der Waals surface area contributed by atoms with Crippen LogP contribution in [-0.2, 0) is 10.5 Å². The van der Waals surface area contributed by atoms with E-state index in [1.807, 2.05) is 31.4 Å². The lowest BCUT2D eigenvalue weighted by Gasteiger charge is -2.16. The van der Waals surface area contributed by atoms with Crippen molar-refractivity contribution in [2.45, 2.75) is 37.7 Å². The van der Waals surface area contributed by atoms with Crippen molar-refractivity contribution in [1.29, 1.82) is 0 Å². The molecule has 2 rings (SSSR count). The van der Waals surface area contributed by atoms with Crippen molar-refractivity contribution in [3.63, 3.8) is 0 Å². The molecule has 0 bridgehead atoms. The molecular formula is C16H21N3O2S2. The highest BCUT2D eigenvalue weighted by Gasteiger charge is 2.14. The Bertz CT molecular complexity index is 671. The number of carbonyl (C=O) groups is 1. The van der Waals surface area contributed by atoms with Gasteiger partial charge in [-0.15, -0.1) is 10.2 Å². The first-order chi connectivity index (χ1) is 11.0. The van der Waals surface area contributed by atoms with Gasteiger partial charge >= 0.3 is 0 Å². The smallest absolute Gasteiger partial charge is 0.277 e. The lowest BCUT2D eigenvalue weighted by molar-refractivity contribution is -0.113. The maximum Gasteiger partial charge on any atom is 0.277 e. The molecule has 0 atom stereocenters. The number of para-hydroxylation sites is 1. The molecule has 1 amide bonds. The maximum absolute atomic E-state index is 12.2. The number of carbonyl (C=O) groups excluding carboxylic acids is 1. The molecule has 0 aliphatic carbocycles. The summed E-state index contributed by atoms with van der Waals surface area (Å²) < 4.78 is 5.45. The van der Waals surface area contributed by atoms with Crippen molar-refractivity contribution in [3.05, 3.63) is 35.2 Å². The zero-order chi connectivity index (χ0) is 16.8. The van der Waals surface area contributed by atoms with E-state index in [9.17, 15) is 4.79 Å². The van der Waals surface area contributed by atoms with E-state index in [0.29, 0.717) is 22.8 Å². The summed E-state index contributed by atoms with van der Waals surface area (Å²) in [6.07, 6.45) is 1.97. The van der Waals surface area contributed by atoms with Crippen LogP contribution in [0.2, 0.25) is 0 Å². The Hall–Kier alpha value is -1.47. The number of rotatable bonds is 7. The first kappa shape index (κ1) is 17.9. The van der Waals surface area contributed by atoms with Crippen molar-refractivity contribution in [2.24, 2.45) is 0 Å². The summed E-state index contributed by atoms with van der Waals surface area (Å²) in [5, 5.41) is 11.3. The number of hydrogen-bond donors (Lipinski definition) is 1. The third-order valence-electron chi connectivity index (χ3n) is 3.23. The number of amides is 1. The third-order valence-corrected chi connectivity index (χ3v) is 4.59. The second kappa shape index (κ2) is 8.40. The number of nitrogens with zero attached hydrogens (tertiary/aromatic N) is 2. The van der Waals surface area contributed by atoms with Gasteiger partial charge in [0.05, 0.1) is 11.5 Å². The molecule has 1 aromatic heterocycles. The second-order valence-corrected chi connectivity index (χ2v) is 7.22. The van der Waals surface area contributed by atoms with Crippen molar-refractivity contribution in [2.75, 3.05) is 17.3 Å². The van der Waals surface area contributed by atoms with E-state index in [1.165, 1.54) is 11.8 Å². The number of nitrogens with one attached hydrogen (secondary N) is 1. The van der Waals surface area contributed by atoms with Crippen molar-refractivity contribution >= 4 is 35.1 Å². The number of aryl methyl sites for hydroxylation is 1. The van der Waals surface area contributed by atoms with E-state index in [-0.39, 0.29) is 11.7 Å². The molecule has 23 heavy (non-hydrogen) atoms. The first-order valence-corrected chi connectivity index (χ1v) is 9.72. The van der Waals surface area contributed by atoms with Gasteiger partial charge in [0.15, 0.2) is 0 Å². The molecule has 0 aliphatic heterocycles. The number of benzene rings is 1. The molecule has 5 nitrogen and oxygen atoms in total. The van der Waals surface area contributed by atoms with Crippen molar-refractivity contribution in [1.82, 2.24) is 10.2 Å². The predicted octanol–water partition coefficient (Wildman–Crippen LogP) is 4.10. The summed E-state index contributed by atoms with van der Waals surface area (Å²) in [4.78, 5) is 12.2. The Kier molecular flexibility index (Phi) is 6.53. The Morgan fingerprint density at radius 3 is 2.83 bits per heavy atom.